The fraction of sp³-hybridized carbons (Fsp3) is 0.818. The number of piperidine rings is 1. The maximum atomic E-state index is 11.3. The van der Waals surface area contributed by atoms with E-state index in [4.69, 9.17) is 5.73 Å². The molecule has 0 aromatic heterocycles. The standard InChI is InChI=1S/C11H22N4O/c1-14(2)10(16)6-7-13-11(12)15-8-4-3-5-9-15/h3-9H2,1-2H3,(H2,12,13). The molecule has 5 heteroatoms. The first-order valence-electron chi connectivity index (χ1n) is 5.86. The van der Waals surface area contributed by atoms with Crippen LogP contribution in [0, 0.1) is 0 Å². The first kappa shape index (κ1) is 12.8. The van der Waals surface area contributed by atoms with Gasteiger partial charge in [0.15, 0.2) is 5.96 Å². The fourth-order valence-electron chi connectivity index (χ4n) is 1.71. The van der Waals surface area contributed by atoms with Crippen molar-refractivity contribution in [1.82, 2.24) is 9.80 Å². The molecule has 1 aliphatic heterocycles. The molecule has 0 aliphatic carbocycles. The van der Waals surface area contributed by atoms with Crippen LogP contribution in [0.5, 0.6) is 0 Å². The summed E-state index contributed by atoms with van der Waals surface area (Å²) in [5.74, 6) is 0.682. The van der Waals surface area contributed by atoms with Gasteiger partial charge in [-0.15, -0.1) is 0 Å². The van der Waals surface area contributed by atoms with Crippen LogP contribution in [0.1, 0.15) is 25.7 Å². The summed E-state index contributed by atoms with van der Waals surface area (Å²) in [6.45, 7) is 2.48. The van der Waals surface area contributed by atoms with Gasteiger partial charge in [-0.25, -0.2) is 0 Å². The highest BCUT2D eigenvalue weighted by molar-refractivity contribution is 5.79. The van der Waals surface area contributed by atoms with Gasteiger partial charge in [-0.1, -0.05) is 0 Å². The van der Waals surface area contributed by atoms with Crippen LogP contribution in [-0.4, -0.2) is 55.4 Å². The molecule has 0 bridgehead atoms. The Kier molecular flexibility index (Phi) is 5.08. The lowest BCUT2D eigenvalue weighted by molar-refractivity contribution is -0.128. The Balaban J connectivity index is 2.30. The number of carbonyl (C=O) groups excluding carboxylic acids is 1. The number of aliphatic imine (C=N–C) groups is 1. The summed E-state index contributed by atoms with van der Waals surface area (Å²) in [5.41, 5.74) is 5.86. The van der Waals surface area contributed by atoms with Gasteiger partial charge in [-0.3, -0.25) is 9.79 Å². The number of carbonyl (C=O) groups is 1. The van der Waals surface area contributed by atoms with Gasteiger partial charge >= 0.3 is 0 Å². The lowest BCUT2D eigenvalue weighted by atomic mass is 10.1. The minimum atomic E-state index is 0.0928. The number of nitrogens with two attached hydrogens (primary N) is 1. The van der Waals surface area contributed by atoms with Crippen LogP contribution in [0.15, 0.2) is 4.99 Å². The minimum absolute atomic E-state index is 0.0928. The van der Waals surface area contributed by atoms with Crippen LogP contribution in [-0.2, 0) is 4.79 Å². The van der Waals surface area contributed by atoms with Gasteiger partial charge in [0.2, 0.25) is 5.91 Å². The summed E-state index contributed by atoms with van der Waals surface area (Å²) in [7, 11) is 3.50. The molecule has 16 heavy (non-hydrogen) atoms. The molecule has 1 saturated heterocycles. The molecule has 1 aliphatic rings. The van der Waals surface area contributed by atoms with Gasteiger partial charge in [-0.2, -0.15) is 0 Å². The second-order valence-electron chi connectivity index (χ2n) is 4.33. The number of hydrogen-bond donors (Lipinski definition) is 1. The average molecular weight is 226 g/mol. The van der Waals surface area contributed by atoms with E-state index in [-0.39, 0.29) is 5.91 Å². The highest BCUT2D eigenvalue weighted by atomic mass is 16.2. The fourth-order valence-corrected chi connectivity index (χ4v) is 1.71. The third-order valence-corrected chi connectivity index (χ3v) is 2.78. The van der Waals surface area contributed by atoms with E-state index >= 15 is 0 Å². The molecule has 5 nitrogen and oxygen atoms in total. The van der Waals surface area contributed by atoms with E-state index in [2.05, 4.69) is 9.89 Å². The average Bonchev–Trinajstić information content (AvgIpc) is 2.29. The van der Waals surface area contributed by atoms with Crippen molar-refractivity contribution in [1.29, 1.82) is 0 Å². The van der Waals surface area contributed by atoms with E-state index in [1.54, 1.807) is 19.0 Å². The quantitative estimate of drug-likeness (QED) is 0.555. The molecular formula is C11H22N4O. The third kappa shape index (κ3) is 4.08. The summed E-state index contributed by atoms with van der Waals surface area (Å²) in [6, 6.07) is 0. The van der Waals surface area contributed by atoms with Gasteiger partial charge in [0.25, 0.3) is 0 Å². The Morgan fingerprint density at radius 3 is 2.50 bits per heavy atom. The van der Waals surface area contributed by atoms with E-state index in [1.807, 2.05) is 0 Å². The number of amides is 1. The summed E-state index contributed by atoms with van der Waals surface area (Å²) in [6.07, 6.45) is 4.09. The van der Waals surface area contributed by atoms with E-state index in [0.717, 1.165) is 13.1 Å². The first-order chi connectivity index (χ1) is 7.61. The molecule has 2 N–H and O–H groups in total. The van der Waals surface area contributed by atoms with Crippen LogP contribution < -0.4 is 5.73 Å². The van der Waals surface area contributed by atoms with Crippen molar-refractivity contribution in [2.24, 2.45) is 10.7 Å². The molecule has 0 radical (unpaired) electrons. The zero-order valence-electron chi connectivity index (χ0n) is 10.3. The molecule has 0 unspecified atom stereocenters. The third-order valence-electron chi connectivity index (χ3n) is 2.78. The van der Waals surface area contributed by atoms with Crippen LogP contribution >= 0.6 is 0 Å². The van der Waals surface area contributed by atoms with Crippen molar-refractivity contribution in [2.45, 2.75) is 25.7 Å². The van der Waals surface area contributed by atoms with Gasteiger partial charge in [0, 0.05) is 33.6 Å². The van der Waals surface area contributed by atoms with Crippen molar-refractivity contribution in [3.63, 3.8) is 0 Å². The van der Waals surface area contributed by atoms with Crippen LogP contribution in [0.25, 0.3) is 0 Å². The topological polar surface area (TPSA) is 61.9 Å². The highest BCUT2D eigenvalue weighted by Crippen LogP contribution is 2.07. The first-order valence-corrected chi connectivity index (χ1v) is 5.86. The lowest BCUT2D eigenvalue weighted by Crippen LogP contribution is -2.41. The second kappa shape index (κ2) is 6.35. The number of hydrogen-bond acceptors (Lipinski definition) is 2. The molecule has 92 valence electrons. The molecule has 0 atom stereocenters. The zero-order chi connectivity index (χ0) is 12.0. The molecule has 1 fully saturated rings. The monoisotopic (exact) mass is 226 g/mol. The molecule has 1 rings (SSSR count). The predicted octanol–water partition coefficient (Wildman–Crippen LogP) is 0.265. The second-order valence-corrected chi connectivity index (χ2v) is 4.33. The SMILES string of the molecule is CN(C)C(=O)CCN=C(N)N1CCCCC1. The molecule has 0 saturated carbocycles. The Hall–Kier alpha value is -1.26. The van der Waals surface area contributed by atoms with Gasteiger partial charge in [-0.05, 0) is 19.3 Å². The Morgan fingerprint density at radius 1 is 1.31 bits per heavy atom. The van der Waals surface area contributed by atoms with Crippen molar-refractivity contribution < 1.29 is 4.79 Å². The summed E-state index contributed by atoms with van der Waals surface area (Å²) in [4.78, 5) is 19.2. The smallest absolute Gasteiger partial charge is 0.223 e. The number of nitrogens with zero attached hydrogens (tertiary/aromatic N) is 3. The lowest BCUT2D eigenvalue weighted by Gasteiger charge is -2.27. The number of rotatable bonds is 3. The Morgan fingerprint density at radius 2 is 1.94 bits per heavy atom. The highest BCUT2D eigenvalue weighted by Gasteiger charge is 2.11. The van der Waals surface area contributed by atoms with Crippen LogP contribution in [0.3, 0.4) is 0 Å². The molecular weight excluding hydrogens is 204 g/mol. The van der Waals surface area contributed by atoms with E-state index in [1.165, 1.54) is 19.3 Å². The number of guanidine groups is 1. The number of likely N-dealkylation sites (tertiary alicyclic amines) is 1. The molecule has 0 aromatic carbocycles. The maximum Gasteiger partial charge on any atom is 0.223 e. The van der Waals surface area contributed by atoms with Gasteiger partial charge in [0.05, 0.1) is 6.54 Å². The van der Waals surface area contributed by atoms with E-state index in [9.17, 15) is 4.79 Å². The summed E-state index contributed by atoms with van der Waals surface area (Å²) < 4.78 is 0. The van der Waals surface area contributed by atoms with Crippen LogP contribution in [0.4, 0.5) is 0 Å². The van der Waals surface area contributed by atoms with E-state index in [0.29, 0.717) is 18.9 Å². The molecule has 1 amide bonds. The molecule has 0 spiro atoms. The van der Waals surface area contributed by atoms with E-state index < -0.39 is 0 Å². The Labute approximate surface area is 97.3 Å². The molecule has 1 heterocycles. The van der Waals surface area contributed by atoms with Gasteiger partial charge < -0.3 is 15.5 Å². The van der Waals surface area contributed by atoms with Crippen molar-refractivity contribution >= 4 is 11.9 Å². The minimum Gasteiger partial charge on any atom is -0.370 e. The Bertz CT molecular complexity index is 257. The normalized spacial score (nSPS) is 17.4. The van der Waals surface area contributed by atoms with Crippen molar-refractivity contribution in [2.75, 3.05) is 33.7 Å². The summed E-state index contributed by atoms with van der Waals surface area (Å²) in [5, 5.41) is 0. The zero-order valence-corrected chi connectivity index (χ0v) is 10.3. The predicted molar refractivity (Wildman–Crippen MR) is 65.2 cm³/mol. The van der Waals surface area contributed by atoms with Crippen molar-refractivity contribution in [3.05, 3.63) is 0 Å². The van der Waals surface area contributed by atoms with Crippen molar-refractivity contribution in [3.8, 4) is 0 Å². The largest absolute Gasteiger partial charge is 0.370 e. The maximum absolute atomic E-state index is 11.3. The summed E-state index contributed by atoms with van der Waals surface area (Å²) >= 11 is 0. The van der Waals surface area contributed by atoms with Crippen LogP contribution in [0.2, 0.25) is 0 Å². The van der Waals surface area contributed by atoms with Gasteiger partial charge in [0.1, 0.15) is 0 Å². The molecule has 0 aromatic rings.